The average molecular weight is 251 g/mol. The maximum absolute atomic E-state index is 9.34. The molecular weight excluding hydrogens is 238 g/mol. The quantitative estimate of drug-likeness (QED) is 0.774. The molecule has 0 amide bonds. The van der Waals surface area contributed by atoms with E-state index in [0.29, 0.717) is 5.88 Å². The molecule has 0 radical (unpaired) electrons. The van der Waals surface area contributed by atoms with E-state index in [1.54, 1.807) is 6.20 Å². The molecule has 3 heteroatoms. The third-order valence-corrected chi connectivity index (χ3v) is 2.97. The van der Waals surface area contributed by atoms with Gasteiger partial charge in [-0.1, -0.05) is 36.4 Å². The van der Waals surface area contributed by atoms with Crippen molar-refractivity contribution in [2.24, 2.45) is 0 Å². The number of aromatic nitrogens is 1. The van der Waals surface area contributed by atoms with E-state index in [9.17, 15) is 5.11 Å². The van der Waals surface area contributed by atoms with Crippen LogP contribution in [0.2, 0.25) is 0 Å². The molecule has 1 N–H and O–H groups in total. The smallest absolute Gasteiger partial charge is 0.227 e. The lowest BCUT2D eigenvalue weighted by atomic mass is 10.1. The van der Waals surface area contributed by atoms with Crippen molar-refractivity contribution in [1.82, 2.24) is 4.98 Å². The van der Waals surface area contributed by atoms with Crippen LogP contribution in [0.5, 0.6) is 11.6 Å². The third kappa shape index (κ3) is 2.28. The summed E-state index contributed by atoms with van der Waals surface area (Å²) in [4.78, 5) is 4.29. The standard InChI is InChI=1S/C16H13NO2/c18-11-12-10-17-16(15-9-5-4-8-14(12)15)19-13-6-2-1-3-7-13/h1-10,18H,11H2. The van der Waals surface area contributed by atoms with Gasteiger partial charge in [-0.2, -0.15) is 0 Å². The molecule has 0 atom stereocenters. The highest BCUT2D eigenvalue weighted by Gasteiger charge is 2.08. The van der Waals surface area contributed by atoms with E-state index in [0.717, 1.165) is 22.1 Å². The minimum Gasteiger partial charge on any atom is -0.438 e. The number of ether oxygens (including phenoxy) is 1. The Morgan fingerprint density at radius 2 is 1.58 bits per heavy atom. The summed E-state index contributed by atoms with van der Waals surface area (Å²) >= 11 is 0. The van der Waals surface area contributed by atoms with Crippen LogP contribution < -0.4 is 4.74 Å². The Bertz CT molecular complexity index is 695. The van der Waals surface area contributed by atoms with Crippen molar-refractivity contribution in [1.29, 1.82) is 0 Å². The molecule has 0 aliphatic carbocycles. The number of fused-ring (bicyclic) bond motifs is 1. The maximum atomic E-state index is 9.34. The Morgan fingerprint density at radius 3 is 2.32 bits per heavy atom. The molecule has 3 aromatic rings. The van der Waals surface area contributed by atoms with Gasteiger partial charge in [0.1, 0.15) is 5.75 Å². The molecule has 1 heterocycles. The summed E-state index contributed by atoms with van der Waals surface area (Å²) in [5, 5.41) is 11.2. The van der Waals surface area contributed by atoms with Crippen molar-refractivity contribution < 1.29 is 9.84 Å². The topological polar surface area (TPSA) is 42.4 Å². The number of pyridine rings is 1. The lowest BCUT2D eigenvalue weighted by Crippen LogP contribution is -1.93. The number of benzene rings is 2. The van der Waals surface area contributed by atoms with Gasteiger partial charge in [-0.25, -0.2) is 4.98 Å². The first-order valence-corrected chi connectivity index (χ1v) is 6.09. The summed E-state index contributed by atoms with van der Waals surface area (Å²) in [7, 11) is 0. The molecule has 0 unspecified atom stereocenters. The molecule has 0 bridgehead atoms. The van der Waals surface area contributed by atoms with Crippen LogP contribution in [0, 0.1) is 0 Å². The predicted molar refractivity (Wildman–Crippen MR) is 74.2 cm³/mol. The molecule has 2 aromatic carbocycles. The lowest BCUT2D eigenvalue weighted by Gasteiger charge is -2.09. The highest BCUT2D eigenvalue weighted by atomic mass is 16.5. The van der Waals surface area contributed by atoms with Crippen LogP contribution in [0.25, 0.3) is 10.8 Å². The van der Waals surface area contributed by atoms with Crippen molar-refractivity contribution in [2.45, 2.75) is 6.61 Å². The molecule has 0 saturated carbocycles. The second-order valence-electron chi connectivity index (χ2n) is 4.21. The van der Waals surface area contributed by atoms with Gasteiger partial charge < -0.3 is 9.84 Å². The summed E-state index contributed by atoms with van der Waals surface area (Å²) in [6, 6.07) is 17.3. The van der Waals surface area contributed by atoms with Crippen molar-refractivity contribution >= 4 is 10.8 Å². The van der Waals surface area contributed by atoms with Crippen LogP contribution in [0.15, 0.2) is 60.8 Å². The van der Waals surface area contributed by atoms with Gasteiger partial charge >= 0.3 is 0 Å². The summed E-state index contributed by atoms with van der Waals surface area (Å²) in [6.07, 6.45) is 1.65. The Kier molecular flexibility index (Phi) is 3.12. The van der Waals surface area contributed by atoms with Gasteiger partial charge in [0, 0.05) is 17.1 Å². The normalized spacial score (nSPS) is 10.6. The monoisotopic (exact) mass is 251 g/mol. The highest BCUT2D eigenvalue weighted by molar-refractivity contribution is 5.89. The zero-order valence-electron chi connectivity index (χ0n) is 10.3. The molecule has 0 fully saturated rings. The van der Waals surface area contributed by atoms with Crippen molar-refractivity contribution in [3.05, 3.63) is 66.4 Å². The first-order valence-electron chi connectivity index (χ1n) is 6.09. The largest absolute Gasteiger partial charge is 0.438 e. The van der Waals surface area contributed by atoms with E-state index in [1.807, 2.05) is 54.6 Å². The minimum atomic E-state index is -0.0286. The number of rotatable bonds is 3. The Balaban J connectivity index is 2.10. The lowest BCUT2D eigenvalue weighted by molar-refractivity contribution is 0.283. The van der Waals surface area contributed by atoms with Gasteiger partial charge in [0.15, 0.2) is 0 Å². The molecule has 94 valence electrons. The summed E-state index contributed by atoms with van der Waals surface area (Å²) in [5.74, 6) is 1.30. The molecule has 0 spiro atoms. The van der Waals surface area contributed by atoms with Crippen LogP contribution in [0.3, 0.4) is 0 Å². The second kappa shape index (κ2) is 5.08. The summed E-state index contributed by atoms with van der Waals surface area (Å²) in [5.41, 5.74) is 0.802. The van der Waals surface area contributed by atoms with Crippen molar-refractivity contribution in [2.75, 3.05) is 0 Å². The van der Waals surface area contributed by atoms with Gasteiger partial charge in [0.2, 0.25) is 5.88 Å². The van der Waals surface area contributed by atoms with Crippen LogP contribution >= 0.6 is 0 Å². The number of aliphatic hydroxyl groups excluding tert-OH is 1. The number of hydrogen-bond donors (Lipinski definition) is 1. The van der Waals surface area contributed by atoms with Gasteiger partial charge in [-0.05, 0) is 23.6 Å². The van der Waals surface area contributed by atoms with Crippen LogP contribution in [-0.2, 0) is 6.61 Å². The van der Waals surface area contributed by atoms with Gasteiger partial charge in [0.05, 0.1) is 6.61 Å². The van der Waals surface area contributed by atoms with E-state index in [1.165, 1.54) is 0 Å². The summed E-state index contributed by atoms with van der Waals surface area (Å²) < 4.78 is 5.80. The molecular formula is C16H13NO2. The fourth-order valence-electron chi connectivity index (χ4n) is 2.03. The highest BCUT2D eigenvalue weighted by Crippen LogP contribution is 2.29. The Labute approximate surface area is 111 Å². The molecule has 3 rings (SSSR count). The van der Waals surface area contributed by atoms with Gasteiger partial charge in [0.25, 0.3) is 0 Å². The van der Waals surface area contributed by atoms with Crippen molar-refractivity contribution in [3.8, 4) is 11.6 Å². The number of para-hydroxylation sites is 1. The number of nitrogens with zero attached hydrogens (tertiary/aromatic N) is 1. The Hall–Kier alpha value is -2.39. The van der Waals surface area contributed by atoms with E-state index in [-0.39, 0.29) is 6.61 Å². The molecule has 0 aliphatic heterocycles. The van der Waals surface area contributed by atoms with Gasteiger partial charge in [-0.15, -0.1) is 0 Å². The Morgan fingerprint density at radius 1 is 0.895 bits per heavy atom. The first-order chi connectivity index (χ1) is 9.38. The molecule has 0 aliphatic rings. The van der Waals surface area contributed by atoms with Crippen LogP contribution in [0.4, 0.5) is 0 Å². The van der Waals surface area contributed by atoms with Crippen LogP contribution in [0.1, 0.15) is 5.56 Å². The zero-order valence-corrected chi connectivity index (χ0v) is 10.3. The van der Waals surface area contributed by atoms with E-state index >= 15 is 0 Å². The summed E-state index contributed by atoms with van der Waals surface area (Å²) in [6.45, 7) is -0.0286. The van der Waals surface area contributed by atoms with E-state index < -0.39 is 0 Å². The fourth-order valence-corrected chi connectivity index (χ4v) is 2.03. The van der Waals surface area contributed by atoms with Gasteiger partial charge in [-0.3, -0.25) is 0 Å². The molecule has 1 aromatic heterocycles. The number of aliphatic hydroxyl groups is 1. The third-order valence-electron chi connectivity index (χ3n) is 2.97. The predicted octanol–water partition coefficient (Wildman–Crippen LogP) is 3.52. The second-order valence-corrected chi connectivity index (χ2v) is 4.21. The first kappa shape index (κ1) is 11.7. The average Bonchev–Trinajstić information content (AvgIpc) is 2.49. The SMILES string of the molecule is OCc1cnc(Oc2ccccc2)c2ccccc12. The number of hydrogen-bond acceptors (Lipinski definition) is 3. The van der Waals surface area contributed by atoms with Crippen molar-refractivity contribution in [3.63, 3.8) is 0 Å². The minimum absolute atomic E-state index is 0.0286. The van der Waals surface area contributed by atoms with Crippen LogP contribution in [-0.4, -0.2) is 10.1 Å². The molecule has 19 heavy (non-hydrogen) atoms. The maximum Gasteiger partial charge on any atom is 0.227 e. The fraction of sp³-hybridized carbons (Fsp3) is 0.0625. The van der Waals surface area contributed by atoms with E-state index in [4.69, 9.17) is 4.74 Å². The molecule has 0 saturated heterocycles. The molecule has 3 nitrogen and oxygen atoms in total. The zero-order chi connectivity index (χ0) is 13.1. The van der Waals surface area contributed by atoms with E-state index in [2.05, 4.69) is 4.98 Å².